The highest BCUT2D eigenvalue weighted by Crippen LogP contribution is 2.14. The van der Waals surface area contributed by atoms with Crippen molar-refractivity contribution in [3.05, 3.63) is 24.3 Å². The van der Waals surface area contributed by atoms with E-state index in [-0.39, 0.29) is 12.5 Å². The van der Waals surface area contributed by atoms with E-state index in [0.717, 1.165) is 38.5 Å². The van der Waals surface area contributed by atoms with Crippen LogP contribution in [0.1, 0.15) is 71.1 Å². The summed E-state index contributed by atoms with van der Waals surface area (Å²) in [6.45, 7) is 1.20. The second-order valence-electron chi connectivity index (χ2n) is 7.35. The molecule has 0 radical (unpaired) electrons. The molecule has 0 amide bonds. The zero-order valence-electron chi connectivity index (χ0n) is 17.0. The van der Waals surface area contributed by atoms with Crippen molar-refractivity contribution in [1.82, 2.24) is 0 Å². The van der Waals surface area contributed by atoms with Crippen LogP contribution < -0.4 is 5.73 Å². The SMILES string of the molecule is CCCCCC[C@H](O)/C=C/CCCC/C=C/C[C@@H](O)[C@H](O)[C@@](N)(CO)C(=O)O. The molecule has 7 heteroatoms. The van der Waals surface area contributed by atoms with Gasteiger partial charge in [-0.05, 0) is 38.5 Å². The Balaban J connectivity index is 3.90. The molecule has 0 aromatic carbocycles. The predicted molar refractivity (Wildman–Crippen MR) is 110 cm³/mol. The summed E-state index contributed by atoms with van der Waals surface area (Å²) >= 11 is 0. The van der Waals surface area contributed by atoms with Crippen molar-refractivity contribution in [2.75, 3.05) is 6.61 Å². The van der Waals surface area contributed by atoms with E-state index in [0.29, 0.717) is 0 Å². The fourth-order valence-electron chi connectivity index (χ4n) is 2.77. The third-order valence-electron chi connectivity index (χ3n) is 4.80. The molecule has 0 aromatic heterocycles. The Bertz CT molecular complexity index is 468. The number of aliphatic hydroxyl groups excluding tert-OH is 4. The van der Waals surface area contributed by atoms with Gasteiger partial charge in [-0.15, -0.1) is 0 Å². The highest BCUT2D eigenvalue weighted by Gasteiger charge is 2.44. The molecule has 0 fully saturated rings. The van der Waals surface area contributed by atoms with Crippen LogP contribution in [0.15, 0.2) is 24.3 Å². The van der Waals surface area contributed by atoms with Gasteiger partial charge < -0.3 is 31.3 Å². The highest BCUT2D eigenvalue weighted by atomic mass is 16.4. The van der Waals surface area contributed by atoms with Gasteiger partial charge in [0.15, 0.2) is 5.54 Å². The van der Waals surface area contributed by atoms with Crippen molar-refractivity contribution in [3.8, 4) is 0 Å². The Labute approximate surface area is 168 Å². The van der Waals surface area contributed by atoms with Gasteiger partial charge in [0.2, 0.25) is 0 Å². The Morgan fingerprint density at radius 3 is 2.21 bits per heavy atom. The van der Waals surface area contributed by atoms with Gasteiger partial charge in [0, 0.05) is 0 Å². The molecule has 0 aliphatic rings. The molecule has 7 nitrogen and oxygen atoms in total. The Kier molecular flexibility index (Phi) is 14.9. The zero-order valence-corrected chi connectivity index (χ0v) is 17.0. The molecule has 0 saturated heterocycles. The van der Waals surface area contributed by atoms with E-state index in [1.54, 1.807) is 6.08 Å². The van der Waals surface area contributed by atoms with Gasteiger partial charge in [-0.2, -0.15) is 0 Å². The summed E-state index contributed by atoms with van der Waals surface area (Å²) in [5.74, 6) is -1.57. The Hall–Kier alpha value is -1.25. The molecule has 164 valence electrons. The second-order valence-corrected chi connectivity index (χ2v) is 7.35. The van der Waals surface area contributed by atoms with Gasteiger partial charge in [-0.3, -0.25) is 4.79 Å². The van der Waals surface area contributed by atoms with Gasteiger partial charge in [0.25, 0.3) is 0 Å². The smallest absolute Gasteiger partial charge is 0.328 e. The molecule has 4 atom stereocenters. The lowest BCUT2D eigenvalue weighted by molar-refractivity contribution is -0.154. The fourth-order valence-corrected chi connectivity index (χ4v) is 2.77. The normalized spacial score (nSPS) is 17.6. The van der Waals surface area contributed by atoms with Crippen molar-refractivity contribution >= 4 is 5.97 Å². The predicted octanol–water partition coefficient (Wildman–Crippen LogP) is 1.88. The first-order valence-electron chi connectivity index (χ1n) is 10.3. The molecule has 7 N–H and O–H groups in total. The number of hydrogen-bond donors (Lipinski definition) is 6. The molecule has 0 spiro atoms. The maximum atomic E-state index is 11.0. The third kappa shape index (κ3) is 10.9. The van der Waals surface area contributed by atoms with E-state index < -0.39 is 30.3 Å². The van der Waals surface area contributed by atoms with E-state index in [9.17, 15) is 20.1 Å². The van der Waals surface area contributed by atoms with E-state index in [2.05, 4.69) is 6.92 Å². The van der Waals surface area contributed by atoms with Crippen LogP contribution in [-0.4, -0.2) is 62.0 Å². The van der Waals surface area contributed by atoms with Gasteiger partial charge >= 0.3 is 5.97 Å². The average molecular weight is 402 g/mol. The molecule has 0 saturated carbocycles. The minimum Gasteiger partial charge on any atom is -0.480 e. The molecule has 0 heterocycles. The van der Waals surface area contributed by atoms with E-state index >= 15 is 0 Å². The number of carboxylic acids is 1. The van der Waals surface area contributed by atoms with Crippen LogP contribution >= 0.6 is 0 Å². The van der Waals surface area contributed by atoms with E-state index in [4.69, 9.17) is 15.9 Å². The summed E-state index contributed by atoms with van der Waals surface area (Å²) < 4.78 is 0. The first-order chi connectivity index (χ1) is 13.3. The summed E-state index contributed by atoms with van der Waals surface area (Å²) in [6, 6.07) is 0. The number of nitrogens with two attached hydrogens (primary N) is 1. The number of aliphatic carboxylic acids is 1. The van der Waals surface area contributed by atoms with Gasteiger partial charge in [0.05, 0.1) is 18.8 Å². The number of aliphatic hydroxyl groups is 4. The van der Waals surface area contributed by atoms with Crippen LogP contribution in [0.4, 0.5) is 0 Å². The summed E-state index contributed by atoms with van der Waals surface area (Å²) in [6.07, 6.45) is 13.0. The monoisotopic (exact) mass is 401 g/mol. The van der Waals surface area contributed by atoms with Crippen molar-refractivity contribution in [1.29, 1.82) is 0 Å². The quantitative estimate of drug-likeness (QED) is 0.161. The summed E-state index contributed by atoms with van der Waals surface area (Å²) in [7, 11) is 0. The lowest BCUT2D eigenvalue weighted by Gasteiger charge is -2.30. The fraction of sp³-hybridized carbons (Fsp3) is 0.762. The standard InChI is InChI=1S/C21H39NO6/c1-2-3-4-10-13-17(24)14-11-8-6-5-7-9-12-15-18(25)19(26)21(22,16-23)20(27)28/h9,11-12,14,17-19,23-26H,2-8,10,13,15-16,22H2,1H3,(H,27,28)/b12-9+,14-11+/t17-,18+,19-,21-/m0/s1. The Morgan fingerprint density at radius 1 is 1.00 bits per heavy atom. The molecule has 0 rings (SSSR count). The third-order valence-corrected chi connectivity index (χ3v) is 4.80. The summed E-state index contributed by atoms with van der Waals surface area (Å²) in [5, 5.41) is 47.6. The van der Waals surface area contributed by atoms with Crippen LogP contribution in [0.3, 0.4) is 0 Å². The van der Waals surface area contributed by atoms with Crippen LogP contribution in [-0.2, 0) is 4.79 Å². The largest absolute Gasteiger partial charge is 0.480 e. The molecule has 0 bridgehead atoms. The van der Waals surface area contributed by atoms with Crippen LogP contribution in [0.5, 0.6) is 0 Å². The number of allylic oxidation sites excluding steroid dienone is 2. The van der Waals surface area contributed by atoms with Crippen LogP contribution in [0.25, 0.3) is 0 Å². The highest BCUT2D eigenvalue weighted by molar-refractivity contribution is 5.79. The Morgan fingerprint density at radius 2 is 1.64 bits per heavy atom. The number of rotatable bonds is 17. The number of hydrogen-bond acceptors (Lipinski definition) is 6. The van der Waals surface area contributed by atoms with Crippen molar-refractivity contribution in [2.24, 2.45) is 5.73 Å². The van der Waals surface area contributed by atoms with Crippen molar-refractivity contribution < 1.29 is 30.3 Å². The maximum absolute atomic E-state index is 11.0. The molecule has 0 unspecified atom stereocenters. The lowest BCUT2D eigenvalue weighted by Crippen LogP contribution is -2.63. The first kappa shape index (κ1) is 26.8. The second kappa shape index (κ2) is 15.6. The topological polar surface area (TPSA) is 144 Å². The molecule has 0 aromatic rings. The van der Waals surface area contributed by atoms with Crippen LogP contribution in [0, 0.1) is 0 Å². The lowest BCUT2D eigenvalue weighted by atomic mass is 9.89. The van der Waals surface area contributed by atoms with Crippen molar-refractivity contribution in [3.63, 3.8) is 0 Å². The summed E-state index contributed by atoms with van der Waals surface area (Å²) in [4.78, 5) is 11.0. The van der Waals surface area contributed by atoms with Crippen LogP contribution in [0.2, 0.25) is 0 Å². The van der Waals surface area contributed by atoms with Gasteiger partial charge in [0.1, 0.15) is 6.10 Å². The zero-order chi connectivity index (χ0) is 21.4. The van der Waals surface area contributed by atoms with Gasteiger partial charge in [-0.25, -0.2) is 0 Å². The minimum absolute atomic E-state index is 0.0531. The molecular weight excluding hydrogens is 362 g/mol. The first-order valence-corrected chi connectivity index (χ1v) is 10.3. The minimum atomic E-state index is -2.28. The summed E-state index contributed by atoms with van der Waals surface area (Å²) in [5.41, 5.74) is 3.16. The maximum Gasteiger partial charge on any atom is 0.328 e. The number of carboxylic acid groups (broad SMARTS) is 1. The number of carbonyl (C=O) groups is 1. The molecular formula is C21H39NO6. The van der Waals surface area contributed by atoms with E-state index in [1.807, 2.05) is 18.2 Å². The van der Waals surface area contributed by atoms with E-state index in [1.165, 1.54) is 19.3 Å². The molecule has 0 aliphatic heterocycles. The number of unbranched alkanes of at least 4 members (excludes halogenated alkanes) is 6. The average Bonchev–Trinajstić information content (AvgIpc) is 2.68. The van der Waals surface area contributed by atoms with Crippen molar-refractivity contribution in [2.45, 2.75) is 95.0 Å². The van der Waals surface area contributed by atoms with Gasteiger partial charge in [-0.1, -0.05) is 56.9 Å². The molecule has 28 heavy (non-hydrogen) atoms. The molecule has 0 aliphatic carbocycles.